The molecular weight excluding hydrogens is 655 g/mol. The average Bonchev–Trinajstić information content (AvgIpc) is 3.93. The van der Waals surface area contributed by atoms with Crippen LogP contribution in [0.15, 0.2) is 47.8 Å². The summed E-state index contributed by atoms with van der Waals surface area (Å²) in [7, 11) is 4.20. The second-order valence-corrected chi connectivity index (χ2v) is 17.6. The van der Waals surface area contributed by atoms with E-state index in [1.54, 1.807) is 11.3 Å². The molecule has 1 spiro atoms. The average molecular weight is 718 g/mol. The number of carbonyl (C=O) groups is 3. The number of Topliss-reactive ketones (excluding diaryl/α,β-unsaturated/α-hetero) is 1. The summed E-state index contributed by atoms with van der Waals surface area (Å²) in [5.41, 5.74) is 1.78. The topological polar surface area (TPSA) is 76.2 Å². The number of carbonyl (C=O) groups excluding carboxylic acids is 3. The molecule has 3 heterocycles. The van der Waals surface area contributed by atoms with Crippen LogP contribution in [-0.2, 0) is 27.3 Å². The van der Waals surface area contributed by atoms with E-state index in [0.717, 1.165) is 64.6 Å². The van der Waals surface area contributed by atoms with Crippen LogP contribution in [0.1, 0.15) is 100 Å². The van der Waals surface area contributed by atoms with E-state index in [0.29, 0.717) is 56.3 Å². The van der Waals surface area contributed by atoms with Crippen molar-refractivity contribution in [3.63, 3.8) is 0 Å². The van der Waals surface area contributed by atoms with Crippen molar-refractivity contribution in [1.82, 2.24) is 24.9 Å². The third-order valence-electron chi connectivity index (χ3n) is 12.4. The van der Waals surface area contributed by atoms with Gasteiger partial charge in [0.15, 0.2) is 5.78 Å². The van der Waals surface area contributed by atoms with E-state index in [4.69, 9.17) is 0 Å². The summed E-state index contributed by atoms with van der Waals surface area (Å²) in [5.74, 6) is 0.773. The Morgan fingerprint density at radius 1 is 0.941 bits per heavy atom. The summed E-state index contributed by atoms with van der Waals surface area (Å²) in [5, 5.41) is 5.93. The van der Waals surface area contributed by atoms with E-state index in [-0.39, 0.29) is 23.6 Å². The first-order chi connectivity index (χ1) is 24.8. The Bertz CT molecular complexity index is 1390. The molecular formula is C42H63N5O3S. The molecule has 1 N–H and O–H groups in total. The normalized spacial score (nSPS) is 25.2. The van der Waals surface area contributed by atoms with Gasteiger partial charge >= 0.3 is 0 Å². The van der Waals surface area contributed by atoms with Crippen LogP contribution >= 0.6 is 11.3 Å². The van der Waals surface area contributed by atoms with Crippen LogP contribution in [0.2, 0.25) is 0 Å². The van der Waals surface area contributed by atoms with Crippen molar-refractivity contribution in [3.05, 3.63) is 58.3 Å². The van der Waals surface area contributed by atoms with Gasteiger partial charge in [-0.2, -0.15) is 0 Å². The van der Waals surface area contributed by atoms with Gasteiger partial charge in [-0.1, -0.05) is 55.7 Å². The molecule has 2 saturated carbocycles. The monoisotopic (exact) mass is 717 g/mol. The Hall–Kier alpha value is -2.59. The van der Waals surface area contributed by atoms with E-state index < -0.39 is 6.04 Å². The lowest BCUT2D eigenvalue weighted by Crippen LogP contribution is -2.63. The minimum absolute atomic E-state index is 0.0624. The maximum Gasteiger partial charge on any atom is 0.240 e. The number of rotatable bonds is 16. The molecule has 2 aliphatic carbocycles. The highest BCUT2D eigenvalue weighted by molar-refractivity contribution is 7.09. The van der Waals surface area contributed by atoms with Crippen LogP contribution in [0.25, 0.3) is 0 Å². The molecule has 8 nitrogen and oxygen atoms in total. The van der Waals surface area contributed by atoms with Gasteiger partial charge in [0, 0.05) is 56.5 Å². The maximum atomic E-state index is 14.7. The van der Waals surface area contributed by atoms with Crippen molar-refractivity contribution in [3.8, 4) is 0 Å². The highest BCUT2D eigenvalue weighted by atomic mass is 32.1. The van der Waals surface area contributed by atoms with E-state index in [9.17, 15) is 14.4 Å². The minimum atomic E-state index is -0.575. The number of nitrogens with zero attached hydrogens (tertiary/aromatic N) is 4. The van der Waals surface area contributed by atoms with Crippen molar-refractivity contribution in [2.45, 2.75) is 121 Å². The number of aryl methyl sites for hydroxylation is 1. The van der Waals surface area contributed by atoms with Crippen molar-refractivity contribution in [2.75, 3.05) is 53.4 Å². The highest BCUT2D eigenvalue weighted by Gasteiger charge is 2.43. The van der Waals surface area contributed by atoms with E-state index in [1.807, 2.05) is 21.2 Å². The van der Waals surface area contributed by atoms with Crippen LogP contribution in [0, 0.1) is 11.3 Å². The van der Waals surface area contributed by atoms with Crippen molar-refractivity contribution in [1.29, 1.82) is 0 Å². The first-order valence-electron chi connectivity index (χ1n) is 20.1. The number of unbranched alkanes of at least 4 members (excludes halogenated alkanes) is 1. The molecule has 2 amide bonds. The van der Waals surface area contributed by atoms with Crippen LogP contribution in [0.5, 0.6) is 0 Å². The molecule has 2 aromatic rings. The number of hydrogen-bond acceptors (Lipinski definition) is 7. The van der Waals surface area contributed by atoms with Gasteiger partial charge in [-0.3, -0.25) is 19.3 Å². The molecule has 2 saturated heterocycles. The van der Waals surface area contributed by atoms with Gasteiger partial charge in [0.25, 0.3) is 0 Å². The van der Waals surface area contributed by atoms with Crippen LogP contribution in [0.4, 0.5) is 0 Å². The molecule has 0 unspecified atom stereocenters. The summed E-state index contributed by atoms with van der Waals surface area (Å²) in [6.45, 7) is 5.64. The molecule has 6 rings (SSSR count). The summed E-state index contributed by atoms with van der Waals surface area (Å²) in [4.78, 5) is 51.9. The van der Waals surface area contributed by atoms with Gasteiger partial charge in [-0.25, -0.2) is 0 Å². The molecule has 51 heavy (non-hydrogen) atoms. The zero-order valence-electron chi connectivity index (χ0n) is 31.4. The van der Waals surface area contributed by atoms with Crippen molar-refractivity contribution in [2.24, 2.45) is 11.3 Å². The predicted molar refractivity (Wildman–Crippen MR) is 207 cm³/mol. The Morgan fingerprint density at radius 2 is 1.73 bits per heavy atom. The quantitative estimate of drug-likeness (QED) is 0.203. The Labute approximate surface area is 311 Å². The fraction of sp³-hybridized carbons (Fsp3) is 0.690. The van der Waals surface area contributed by atoms with E-state index in [1.165, 1.54) is 49.1 Å². The number of thiophene rings is 1. The molecule has 0 bridgehead atoms. The number of nitrogens with one attached hydrogen (secondary N) is 1. The lowest BCUT2D eigenvalue weighted by atomic mass is 9.72. The van der Waals surface area contributed by atoms with Gasteiger partial charge in [-0.05, 0) is 120 Å². The van der Waals surface area contributed by atoms with Crippen molar-refractivity contribution < 1.29 is 14.4 Å². The van der Waals surface area contributed by atoms with Gasteiger partial charge < -0.3 is 20.0 Å². The number of hydrogen-bond donors (Lipinski definition) is 1. The molecule has 0 radical (unpaired) electrons. The van der Waals surface area contributed by atoms with Crippen LogP contribution in [0.3, 0.4) is 0 Å². The lowest BCUT2D eigenvalue weighted by molar-refractivity contribution is -0.149. The van der Waals surface area contributed by atoms with Crippen LogP contribution < -0.4 is 5.32 Å². The number of benzene rings is 1. The molecule has 1 aromatic carbocycles. The highest BCUT2D eigenvalue weighted by Crippen LogP contribution is 2.44. The molecule has 2 aliphatic heterocycles. The maximum absolute atomic E-state index is 14.7. The van der Waals surface area contributed by atoms with Crippen molar-refractivity contribution >= 4 is 28.9 Å². The molecule has 280 valence electrons. The molecule has 1 aromatic heterocycles. The molecule has 4 fully saturated rings. The Morgan fingerprint density at radius 3 is 2.45 bits per heavy atom. The first kappa shape index (κ1) is 38.1. The lowest BCUT2D eigenvalue weighted by Gasteiger charge is -2.43. The second kappa shape index (κ2) is 18.4. The Kier molecular flexibility index (Phi) is 13.8. The van der Waals surface area contributed by atoms with E-state index >= 15 is 0 Å². The third kappa shape index (κ3) is 10.7. The number of ketones is 1. The summed E-state index contributed by atoms with van der Waals surface area (Å²) >= 11 is 1.67. The molecule has 2 atom stereocenters. The van der Waals surface area contributed by atoms with Gasteiger partial charge in [0.05, 0.1) is 6.04 Å². The summed E-state index contributed by atoms with van der Waals surface area (Å²) in [6.07, 6.45) is 14.9. The molecule has 9 heteroatoms. The fourth-order valence-electron chi connectivity index (χ4n) is 9.36. The van der Waals surface area contributed by atoms with E-state index in [2.05, 4.69) is 65.6 Å². The second-order valence-electron chi connectivity index (χ2n) is 16.5. The predicted octanol–water partition coefficient (Wildman–Crippen LogP) is 6.39. The van der Waals surface area contributed by atoms with Crippen LogP contribution in [-0.4, -0.2) is 109 Å². The zero-order valence-corrected chi connectivity index (χ0v) is 32.2. The first-order valence-corrected chi connectivity index (χ1v) is 21.0. The number of likely N-dealkylation sites (tertiary alicyclic amines) is 1. The third-order valence-corrected chi connectivity index (χ3v) is 13.4. The summed E-state index contributed by atoms with van der Waals surface area (Å²) < 4.78 is 0. The standard InChI is InChI=1S/C42H63N5O3S/c1-44(2)24-9-8-16-37(43-35-19-21-42(22-20-35)23-25-45(32-42)30-34-13-4-3-5-14-34)41(50)47-27-26-46(40(49)29-33-11-6-7-12-33)31-38(47)39(48)18-17-36-15-10-28-51-36/h3-5,10,13-15,28,33,35,37-38,43H,6-9,11-12,16-27,29-32H2,1-2H3/t35?,37-,38+,42?/m1/s1. The molecule has 4 aliphatic rings. The zero-order chi connectivity index (χ0) is 35.6. The summed E-state index contributed by atoms with van der Waals surface area (Å²) in [6, 6.07) is 14.4. The van der Waals surface area contributed by atoms with Gasteiger partial charge in [-0.15, -0.1) is 11.3 Å². The fourth-order valence-corrected chi connectivity index (χ4v) is 10.1. The number of amides is 2. The van der Waals surface area contributed by atoms with Gasteiger partial charge in [0.1, 0.15) is 6.04 Å². The smallest absolute Gasteiger partial charge is 0.240 e. The Balaban J connectivity index is 1.10. The number of piperazine rings is 1. The minimum Gasteiger partial charge on any atom is -0.338 e. The SMILES string of the molecule is CN(C)CCCC[C@@H](NC1CCC2(CC1)CCN(Cc1ccccc1)C2)C(=O)N1CCN(C(=O)CC2CCCC2)C[C@H]1C(=O)CCc1cccs1. The largest absolute Gasteiger partial charge is 0.338 e. The van der Waals surface area contributed by atoms with Gasteiger partial charge in [0.2, 0.25) is 11.8 Å².